The van der Waals surface area contributed by atoms with Crippen molar-refractivity contribution in [1.29, 1.82) is 0 Å². The van der Waals surface area contributed by atoms with Crippen molar-refractivity contribution in [2.45, 2.75) is 40.7 Å². The van der Waals surface area contributed by atoms with Gasteiger partial charge in [0.2, 0.25) is 5.91 Å². The van der Waals surface area contributed by atoms with Crippen molar-refractivity contribution in [2.75, 3.05) is 18.4 Å². The average molecular weight is 297 g/mol. The van der Waals surface area contributed by atoms with Gasteiger partial charge in [0.1, 0.15) is 0 Å². The molecule has 1 aromatic carbocycles. The van der Waals surface area contributed by atoms with E-state index in [0.717, 1.165) is 12.1 Å². The molecule has 0 spiro atoms. The van der Waals surface area contributed by atoms with Crippen LogP contribution in [0.5, 0.6) is 0 Å². The number of benzene rings is 1. The van der Waals surface area contributed by atoms with E-state index in [1.165, 1.54) is 0 Å². The third-order valence-electron chi connectivity index (χ3n) is 3.69. The molecule has 3 nitrogen and oxygen atoms in total. The van der Waals surface area contributed by atoms with Crippen LogP contribution >= 0.6 is 11.6 Å². The predicted molar refractivity (Wildman–Crippen MR) is 86.4 cm³/mol. The molecule has 0 aliphatic rings. The highest BCUT2D eigenvalue weighted by Crippen LogP contribution is 2.22. The second kappa shape index (κ2) is 7.65. The summed E-state index contributed by atoms with van der Waals surface area (Å²) in [6.07, 6.45) is 0. The molecule has 1 rings (SSSR count). The maximum Gasteiger partial charge on any atom is 0.238 e. The highest BCUT2D eigenvalue weighted by molar-refractivity contribution is 6.33. The number of nitrogens with one attached hydrogen (secondary N) is 1. The van der Waals surface area contributed by atoms with Crippen LogP contribution in [0.2, 0.25) is 5.02 Å². The molecule has 0 aliphatic carbocycles. The summed E-state index contributed by atoms with van der Waals surface area (Å²) in [6.45, 7) is 11.8. The second-order valence-corrected chi connectivity index (χ2v) is 5.99. The smallest absolute Gasteiger partial charge is 0.238 e. The van der Waals surface area contributed by atoms with Gasteiger partial charge in [-0.1, -0.05) is 38.4 Å². The van der Waals surface area contributed by atoms with Crippen LogP contribution in [0.25, 0.3) is 0 Å². The average Bonchev–Trinajstić information content (AvgIpc) is 2.38. The van der Waals surface area contributed by atoms with Gasteiger partial charge in [-0.15, -0.1) is 0 Å². The lowest BCUT2D eigenvalue weighted by molar-refractivity contribution is -0.117. The first kappa shape index (κ1) is 17.0. The lowest BCUT2D eigenvalue weighted by Gasteiger charge is -2.30. The van der Waals surface area contributed by atoms with Gasteiger partial charge in [-0.05, 0) is 44.0 Å². The van der Waals surface area contributed by atoms with Crippen LogP contribution in [0.15, 0.2) is 18.2 Å². The highest BCUT2D eigenvalue weighted by atomic mass is 35.5. The van der Waals surface area contributed by atoms with Crippen LogP contribution < -0.4 is 5.32 Å². The fourth-order valence-electron chi connectivity index (χ4n) is 2.06. The molecule has 112 valence electrons. The number of carbonyl (C=O) groups is 1. The molecule has 0 fully saturated rings. The van der Waals surface area contributed by atoms with Crippen LogP contribution in [0.1, 0.15) is 33.3 Å². The zero-order chi connectivity index (χ0) is 15.3. The molecule has 0 bridgehead atoms. The third kappa shape index (κ3) is 4.80. The van der Waals surface area contributed by atoms with Crippen LogP contribution in [0.4, 0.5) is 5.69 Å². The van der Waals surface area contributed by atoms with Gasteiger partial charge < -0.3 is 5.32 Å². The number of anilines is 1. The number of rotatable bonds is 6. The molecule has 1 N–H and O–H groups in total. The molecule has 0 aromatic heterocycles. The van der Waals surface area contributed by atoms with E-state index >= 15 is 0 Å². The first-order chi connectivity index (χ1) is 9.35. The Balaban J connectivity index is 2.66. The van der Waals surface area contributed by atoms with Crippen molar-refractivity contribution in [3.05, 3.63) is 28.8 Å². The van der Waals surface area contributed by atoms with Crippen LogP contribution in [-0.2, 0) is 4.79 Å². The van der Waals surface area contributed by atoms with E-state index in [2.05, 4.69) is 37.9 Å². The molecule has 0 heterocycles. The highest BCUT2D eigenvalue weighted by Gasteiger charge is 2.18. The molecule has 20 heavy (non-hydrogen) atoms. The van der Waals surface area contributed by atoms with Crippen LogP contribution in [-0.4, -0.2) is 29.9 Å². The number of carbonyl (C=O) groups excluding carboxylic acids is 1. The van der Waals surface area contributed by atoms with Crippen molar-refractivity contribution in [1.82, 2.24) is 4.90 Å². The largest absolute Gasteiger partial charge is 0.324 e. The minimum absolute atomic E-state index is 0.0231. The lowest BCUT2D eigenvalue weighted by atomic mass is 10.0. The Hall–Kier alpha value is -1.06. The Morgan fingerprint density at radius 2 is 2.00 bits per heavy atom. The summed E-state index contributed by atoms with van der Waals surface area (Å²) < 4.78 is 0. The van der Waals surface area contributed by atoms with Gasteiger partial charge in [-0.25, -0.2) is 0 Å². The maximum atomic E-state index is 12.1. The predicted octanol–water partition coefficient (Wildman–Crippen LogP) is 3.95. The Morgan fingerprint density at radius 3 is 2.50 bits per heavy atom. The Morgan fingerprint density at radius 1 is 1.35 bits per heavy atom. The van der Waals surface area contributed by atoms with Gasteiger partial charge in [0.15, 0.2) is 0 Å². The summed E-state index contributed by atoms with van der Waals surface area (Å²) >= 11 is 6.13. The summed E-state index contributed by atoms with van der Waals surface area (Å²) in [5.74, 6) is 0.496. The number of nitrogens with zero attached hydrogens (tertiary/aromatic N) is 1. The van der Waals surface area contributed by atoms with Gasteiger partial charge in [0.25, 0.3) is 0 Å². The molecule has 0 saturated heterocycles. The minimum Gasteiger partial charge on any atom is -0.324 e. The molecular weight excluding hydrogens is 272 g/mol. The summed E-state index contributed by atoms with van der Waals surface area (Å²) in [5.41, 5.74) is 1.76. The zero-order valence-corrected chi connectivity index (χ0v) is 13.8. The minimum atomic E-state index is -0.0231. The van der Waals surface area contributed by atoms with Gasteiger partial charge in [-0.2, -0.15) is 0 Å². The van der Waals surface area contributed by atoms with Crippen LogP contribution in [0, 0.1) is 12.8 Å². The van der Waals surface area contributed by atoms with Gasteiger partial charge in [-0.3, -0.25) is 9.69 Å². The standard InChI is InChI=1S/C16H25ClN2O/c1-6-19(13(5)11(2)3)10-16(20)18-15-8-7-12(4)9-14(15)17/h7-9,11,13H,6,10H2,1-5H3,(H,18,20). The van der Waals surface area contributed by atoms with E-state index in [-0.39, 0.29) is 5.91 Å². The summed E-state index contributed by atoms with van der Waals surface area (Å²) in [5, 5.41) is 3.47. The summed E-state index contributed by atoms with van der Waals surface area (Å²) in [6, 6.07) is 6.01. The molecule has 0 saturated carbocycles. The van der Waals surface area contributed by atoms with E-state index in [9.17, 15) is 4.79 Å². The van der Waals surface area contributed by atoms with E-state index in [0.29, 0.717) is 29.2 Å². The van der Waals surface area contributed by atoms with Gasteiger partial charge in [0, 0.05) is 6.04 Å². The fourth-order valence-corrected chi connectivity index (χ4v) is 2.34. The van der Waals surface area contributed by atoms with E-state index in [4.69, 9.17) is 11.6 Å². The topological polar surface area (TPSA) is 32.3 Å². The number of aryl methyl sites for hydroxylation is 1. The Bertz CT molecular complexity index is 460. The molecule has 1 atom stereocenters. The summed E-state index contributed by atoms with van der Waals surface area (Å²) in [7, 11) is 0. The van der Waals surface area contributed by atoms with Crippen molar-refractivity contribution < 1.29 is 4.79 Å². The van der Waals surface area contributed by atoms with E-state index < -0.39 is 0 Å². The summed E-state index contributed by atoms with van der Waals surface area (Å²) in [4.78, 5) is 14.3. The lowest BCUT2D eigenvalue weighted by Crippen LogP contribution is -2.41. The van der Waals surface area contributed by atoms with E-state index in [1.807, 2.05) is 25.1 Å². The normalized spacial score (nSPS) is 12.8. The number of hydrogen-bond donors (Lipinski definition) is 1. The quantitative estimate of drug-likeness (QED) is 0.862. The van der Waals surface area contributed by atoms with E-state index in [1.54, 1.807) is 0 Å². The molecule has 1 aromatic rings. The number of likely N-dealkylation sites (N-methyl/N-ethyl adjacent to an activating group) is 1. The van der Waals surface area contributed by atoms with Gasteiger partial charge >= 0.3 is 0 Å². The Labute approximate surface area is 127 Å². The molecule has 4 heteroatoms. The zero-order valence-electron chi connectivity index (χ0n) is 13.0. The van der Waals surface area contributed by atoms with Crippen molar-refractivity contribution in [2.24, 2.45) is 5.92 Å². The van der Waals surface area contributed by atoms with Crippen molar-refractivity contribution >= 4 is 23.2 Å². The number of halogens is 1. The molecule has 0 aliphatic heterocycles. The fraction of sp³-hybridized carbons (Fsp3) is 0.562. The third-order valence-corrected chi connectivity index (χ3v) is 4.01. The van der Waals surface area contributed by atoms with Gasteiger partial charge in [0.05, 0.1) is 17.3 Å². The molecule has 1 unspecified atom stereocenters. The molecule has 0 radical (unpaired) electrons. The molecular formula is C16H25ClN2O. The van der Waals surface area contributed by atoms with Crippen molar-refractivity contribution in [3.63, 3.8) is 0 Å². The maximum absolute atomic E-state index is 12.1. The monoisotopic (exact) mass is 296 g/mol. The number of amides is 1. The van der Waals surface area contributed by atoms with Crippen LogP contribution in [0.3, 0.4) is 0 Å². The first-order valence-electron chi connectivity index (χ1n) is 7.15. The molecule has 1 amide bonds. The second-order valence-electron chi connectivity index (χ2n) is 5.58. The van der Waals surface area contributed by atoms with Crippen molar-refractivity contribution in [3.8, 4) is 0 Å². The number of hydrogen-bond acceptors (Lipinski definition) is 2. The first-order valence-corrected chi connectivity index (χ1v) is 7.53. The Kier molecular flexibility index (Phi) is 6.50. The SMILES string of the molecule is CCN(CC(=O)Nc1ccc(C)cc1Cl)C(C)C(C)C.